The summed E-state index contributed by atoms with van der Waals surface area (Å²) in [6, 6.07) is 12.0. The number of hydrogen-bond acceptors (Lipinski definition) is 4. The van der Waals surface area contributed by atoms with E-state index in [9.17, 15) is 18.0 Å². The van der Waals surface area contributed by atoms with Crippen LogP contribution in [-0.2, 0) is 17.5 Å². The predicted octanol–water partition coefficient (Wildman–Crippen LogP) is 5.30. The minimum absolute atomic E-state index is 0.108. The Kier molecular flexibility index (Phi) is 6.54. The zero-order valence-electron chi connectivity index (χ0n) is 18.7. The van der Waals surface area contributed by atoms with Crippen molar-refractivity contribution in [2.75, 3.05) is 18.0 Å². The number of nitrogens with zero attached hydrogens (tertiary/aromatic N) is 3. The van der Waals surface area contributed by atoms with Crippen molar-refractivity contribution >= 4 is 22.6 Å². The lowest BCUT2D eigenvalue weighted by atomic mass is 9.98. The van der Waals surface area contributed by atoms with Gasteiger partial charge in [0.1, 0.15) is 11.5 Å². The molecule has 0 saturated carbocycles. The van der Waals surface area contributed by atoms with Gasteiger partial charge in [0.25, 0.3) is 0 Å². The molecule has 4 rings (SSSR count). The lowest BCUT2D eigenvalue weighted by Gasteiger charge is -2.33. The molecule has 1 saturated heterocycles. The number of nitrogens with one attached hydrogen (secondary N) is 1. The second kappa shape index (κ2) is 9.37. The van der Waals surface area contributed by atoms with E-state index in [1.807, 2.05) is 35.2 Å². The predicted molar refractivity (Wildman–Crippen MR) is 122 cm³/mol. The third kappa shape index (κ3) is 5.26. The second-order valence-corrected chi connectivity index (χ2v) is 8.75. The SMILES string of the molecule is CC1CCN(c2nc(C(F)(F)F)ccc2CNC(=O)C(C)c2cnc3ccccc3c2)CC1. The number of alkyl halides is 3. The smallest absolute Gasteiger partial charge is 0.356 e. The molecule has 3 heterocycles. The molecule has 5 nitrogen and oxygen atoms in total. The fourth-order valence-corrected chi connectivity index (χ4v) is 4.08. The van der Waals surface area contributed by atoms with Gasteiger partial charge in [-0.3, -0.25) is 9.78 Å². The summed E-state index contributed by atoms with van der Waals surface area (Å²) in [5.74, 6) is 0.164. The van der Waals surface area contributed by atoms with Crippen molar-refractivity contribution in [1.82, 2.24) is 15.3 Å². The Labute approximate surface area is 191 Å². The van der Waals surface area contributed by atoms with Crippen LogP contribution in [-0.4, -0.2) is 29.0 Å². The molecule has 1 aliphatic rings. The third-order valence-electron chi connectivity index (χ3n) is 6.29. The van der Waals surface area contributed by atoms with Crippen LogP contribution >= 0.6 is 0 Å². The highest BCUT2D eigenvalue weighted by atomic mass is 19.4. The lowest BCUT2D eigenvalue weighted by molar-refractivity contribution is -0.141. The summed E-state index contributed by atoms with van der Waals surface area (Å²) in [7, 11) is 0. The van der Waals surface area contributed by atoms with Crippen molar-refractivity contribution in [2.24, 2.45) is 5.92 Å². The van der Waals surface area contributed by atoms with Crippen LogP contribution in [0.25, 0.3) is 10.9 Å². The number of carbonyl (C=O) groups excluding carboxylic acids is 1. The molecule has 1 fully saturated rings. The van der Waals surface area contributed by atoms with Gasteiger partial charge in [-0.2, -0.15) is 13.2 Å². The van der Waals surface area contributed by atoms with Gasteiger partial charge in [-0.15, -0.1) is 0 Å². The first-order chi connectivity index (χ1) is 15.7. The van der Waals surface area contributed by atoms with Crippen molar-refractivity contribution < 1.29 is 18.0 Å². The molecule has 1 N–H and O–H groups in total. The zero-order chi connectivity index (χ0) is 23.6. The fraction of sp³-hybridized carbons (Fsp3) is 0.400. The van der Waals surface area contributed by atoms with Crippen molar-refractivity contribution in [3.05, 3.63) is 65.5 Å². The van der Waals surface area contributed by atoms with Crippen molar-refractivity contribution in [3.63, 3.8) is 0 Å². The molecule has 33 heavy (non-hydrogen) atoms. The van der Waals surface area contributed by atoms with Crippen LogP contribution in [0, 0.1) is 5.92 Å². The molecule has 174 valence electrons. The third-order valence-corrected chi connectivity index (χ3v) is 6.29. The van der Waals surface area contributed by atoms with Crippen LogP contribution < -0.4 is 10.2 Å². The van der Waals surface area contributed by atoms with Gasteiger partial charge in [-0.05, 0) is 49.4 Å². The standard InChI is InChI=1S/C25H27F3N4O/c1-16-9-11-32(12-10-16)23-19(7-8-22(31-23)25(26,27)28)14-30-24(33)17(2)20-13-18-5-3-4-6-21(18)29-15-20/h3-8,13,15-17H,9-12,14H2,1-2H3,(H,30,33). The van der Waals surface area contributed by atoms with Crippen LogP contribution in [0.5, 0.6) is 0 Å². The summed E-state index contributed by atoms with van der Waals surface area (Å²) >= 11 is 0. The normalized spacial score (nSPS) is 16.1. The Morgan fingerprint density at radius 2 is 1.91 bits per heavy atom. The molecule has 1 unspecified atom stereocenters. The van der Waals surface area contributed by atoms with Gasteiger partial charge >= 0.3 is 6.18 Å². The number of benzene rings is 1. The maximum atomic E-state index is 13.3. The highest BCUT2D eigenvalue weighted by Gasteiger charge is 2.34. The van der Waals surface area contributed by atoms with Crippen molar-refractivity contribution in [2.45, 2.75) is 45.3 Å². The van der Waals surface area contributed by atoms with E-state index in [4.69, 9.17) is 0 Å². The molecular formula is C25H27F3N4O. The average molecular weight is 457 g/mol. The summed E-state index contributed by atoms with van der Waals surface area (Å²) in [6.45, 7) is 5.34. The maximum Gasteiger partial charge on any atom is 0.433 e. The number of rotatable bonds is 5. The van der Waals surface area contributed by atoms with Gasteiger partial charge in [-0.25, -0.2) is 4.98 Å². The number of piperidine rings is 1. The monoisotopic (exact) mass is 456 g/mol. The molecule has 0 spiro atoms. The lowest BCUT2D eigenvalue weighted by Crippen LogP contribution is -2.35. The van der Waals surface area contributed by atoms with E-state index < -0.39 is 17.8 Å². The summed E-state index contributed by atoms with van der Waals surface area (Å²) in [5.41, 5.74) is 1.30. The number of para-hydroxylation sites is 1. The molecule has 1 aliphatic heterocycles. The highest BCUT2D eigenvalue weighted by molar-refractivity contribution is 5.85. The van der Waals surface area contributed by atoms with Crippen molar-refractivity contribution in [3.8, 4) is 0 Å². The van der Waals surface area contributed by atoms with Gasteiger partial charge in [-0.1, -0.05) is 31.2 Å². The molecule has 1 amide bonds. The van der Waals surface area contributed by atoms with Crippen LogP contribution in [0.1, 0.15) is 49.4 Å². The average Bonchev–Trinajstić information content (AvgIpc) is 2.81. The van der Waals surface area contributed by atoms with Crippen LogP contribution in [0.15, 0.2) is 48.7 Å². The van der Waals surface area contributed by atoms with Gasteiger partial charge in [0.2, 0.25) is 5.91 Å². The molecule has 1 atom stereocenters. The van der Waals surface area contributed by atoms with E-state index in [1.54, 1.807) is 13.1 Å². The molecule has 2 aromatic heterocycles. The Morgan fingerprint density at radius 1 is 1.18 bits per heavy atom. The molecular weight excluding hydrogens is 429 g/mol. The number of anilines is 1. The van der Waals surface area contributed by atoms with E-state index in [2.05, 4.69) is 22.2 Å². The first-order valence-corrected chi connectivity index (χ1v) is 11.2. The second-order valence-electron chi connectivity index (χ2n) is 8.75. The molecule has 0 radical (unpaired) electrons. The fourth-order valence-electron chi connectivity index (χ4n) is 4.08. The summed E-state index contributed by atoms with van der Waals surface area (Å²) in [5, 5.41) is 3.82. The number of pyridine rings is 2. The van der Waals surface area contributed by atoms with Crippen molar-refractivity contribution in [1.29, 1.82) is 0 Å². The molecule has 8 heteroatoms. The first-order valence-electron chi connectivity index (χ1n) is 11.2. The molecule has 0 aliphatic carbocycles. The Balaban J connectivity index is 1.51. The maximum absolute atomic E-state index is 13.3. The molecule has 0 bridgehead atoms. The number of amides is 1. The molecule has 3 aromatic rings. The van der Waals surface area contributed by atoms with Crippen LogP contribution in [0.3, 0.4) is 0 Å². The highest BCUT2D eigenvalue weighted by Crippen LogP contribution is 2.32. The Hall–Kier alpha value is -3.16. The van der Waals surface area contributed by atoms with Gasteiger partial charge in [0.15, 0.2) is 0 Å². The Bertz CT molecular complexity index is 1140. The van der Waals surface area contributed by atoms with E-state index in [0.29, 0.717) is 30.4 Å². The quantitative estimate of drug-likeness (QED) is 0.566. The molecule has 1 aromatic carbocycles. The van der Waals surface area contributed by atoms with E-state index in [1.165, 1.54) is 6.07 Å². The largest absolute Gasteiger partial charge is 0.433 e. The summed E-state index contributed by atoms with van der Waals surface area (Å²) in [4.78, 5) is 23.1. The van der Waals surface area contributed by atoms with E-state index in [-0.39, 0.29) is 12.5 Å². The van der Waals surface area contributed by atoms with Gasteiger partial charge < -0.3 is 10.2 Å². The van der Waals surface area contributed by atoms with Crippen LogP contribution in [0.4, 0.5) is 19.0 Å². The minimum atomic E-state index is -4.52. The zero-order valence-corrected chi connectivity index (χ0v) is 18.7. The van der Waals surface area contributed by atoms with Gasteiger partial charge in [0, 0.05) is 36.8 Å². The first kappa shape index (κ1) is 23.0. The summed E-state index contributed by atoms with van der Waals surface area (Å²) in [6.07, 6.45) is -1.03. The minimum Gasteiger partial charge on any atom is -0.356 e. The number of hydrogen-bond donors (Lipinski definition) is 1. The van der Waals surface area contributed by atoms with E-state index in [0.717, 1.165) is 35.4 Å². The van der Waals surface area contributed by atoms with Crippen LogP contribution in [0.2, 0.25) is 0 Å². The number of carbonyl (C=O) groups is 1. The number of aromatic nitrogens is 2. The topological polar surface area (TPSA) is 58.1 Å². The van der Waals surface area contributed by atoms with E-state index >= 15 is 0 Å². The van der Waals surface area contributed by atoms with Gasteiger partial charge in [0.05, 0.1) is 11.4 Å². The summed E-state index contributed by atoms with van der Waals surface area (Å²) < 4.78 is 39.9. The number of fused-ring (bicyclic) bond motifs is 1. The Morgan fingerprint density at radius 3 is 2.64 bits per heavy atom. The number of halogens is 3.